The van der Waals surface area contributed by atoms with Crippen molar-refractivity contribution < 1.29 is 19.0 Å². The van der Waals surface area contributed by atoms with E-state index in [2.05, 4.69) is 56.4 Å². The summed E-state index contributed by atoms with van der Waals surface area (Å²) in [5, 5.41) is 3.67. The van der Waals surface area contributed by atoms with Crippen molar-refractivity contribution in [1.29, 1.82) is 0 Å². The van der Waals surface area contributed by atoms with Gasteiger partial charge in [-0.1, -0.05) is 31.2 Å². The van der Waals surface area contributed by atoms with E-state index in [4.69, 9.17) is 19.2 Å². The monoisotopic (exact) mass is 663 g/mol. The number of H-pyrrole nitrogens is 1. The van der Waals surface area contributed by atoms with E-state index in [0.29, 0.717) is 22.8 Å². The number of fused-ring (bicyclic) bond motifs is 1. The van der Waals surface area contributed by atoms with E-state index in [1.54, 1.807) is 39.7 Å². The number of carbonyl (C=O) groups is 1. The fourth-order valence-electron chi connectivity index (χ4n) is 7.01. The maximum absolute atomic E-state index is 14.3. The van der Waals surface area contributed by atoms with E-state index in [9.17, 15) is 4.79 Å². The van der Waals surface area contributed by atoms with Crippen LogP contribution < -0.4 is 19.5 Å². The third-order valence-electron chi connectivity index (χ3n) is 9.48. The Morgan fingerprint density at radius 2 is 1.78 bits per heavy atom. The highest BCUT2D eigenvalue weighted by atomic mass is 16.5. The highest BCUT2D eigenvalue weighted by Gasteiger charge is 2.36. The van der Waals surface area contributed by atoms with Crippen LogP contribution in [-0.4, -0.2) is 89.3 Å². The first-order valence-corrected chi connectivity index (χ1v) is 16.8. The van der Waals surface area contributed by atoms with Gasteiger partial charge in [0.25, 0.3) is 5.91 Å². The molecule has 1 aliphatic rings. The number of benzene rings is 2. The zero-order valence-electron chi connectivity index (χ0n) is 28.8. The summed E-state index contributed by atoms with van der Waals surface area (Å²) in [5.74, 6) is 2.02. The molecule has 0 saturated carbocycles. The average molecular weight is 664 g/mol. The number of piperidine rings is 1. The molecule has 0 bridgehead atoms. The van der Waals surface area contributed by atoms with Gasteiger partial charge in [0.1, 0.15) is 0 Å². The largest absolute Gasteiger partial charge is 0.493 e. The zero-order chi connectivity index (χ0) is 34.3. The minimum Gasteiger partial charge on any atom is -0.493 e. The molecule has 4 heterocycles. The number of carbonyl (C=O) groups excluding carboxylic acids is 1. The van der Waals surface area contributed by atoms with Crippen LogP contribution in [-0.2, 0) is 6.42 Å². The van der Waals surface area contributed by atoms with Crippen molar-refractivity contribution in [3.8, 4) is 17.2 Å². The number of para-hydroxylation sites is 1. The van der Waals surface area contributed by atoms with Crippen LogP contribution in [0.15, 0.2) is 79.3 Å². The molecular formula is C38H45N7O4. The first kappa shape index (κ1) is 33.7. The SMILES string of the molecule is CCC(c1cccnc1)C(N1CCC(Nc2nc3c(Cc4ccccn4)cccc3[nH]2)CC1)N(C)C(=O)c1cc(OC)c(OC)c(OC)c1. The summed E-state index contributed by atoms with van der Waals surface area (Å²) in [4.78, 5) is 35.9. The second-order valence-electron chi connectivity index (χ2n) is 12.4. The number of rotatable bonds is 13. The average Bonchev–Trinajstić information content (AvgIpc) is 3.57. The highest BCUT2D eigenvalue weighted by Crippen LogP contribution is 2.39. The zero-order valence-corrected chi connectivity index (χ0v) is 28.8. The van der Waals surface area contributed by atoms with Crippen LogP contribution in [0.2, 0.25) is 0 Å². The molecule has 2 unspecified atom stereocenters. The first-order chi connectivity index (χ1) is 23.9. The Morgan fingerprint density at radius 1 is 1.00 bits per heavy atom. The molecule has 2 atom stereocenters. The number of methoxy groups -OCH3 is 3. The Morgan fingerprint density at radius 3 is 2.41 bits per heavy atom. The standard InChI is InChI=1S/C38H45N7O4/c1-6-30(26-12-10-17-39-24-26)36(44(2)37(46)27-22-32(47-3)35(49-5)33(23-27)48-4)45-19-15-28(16-20-45)41-38-42-31-14-9-11-25(34(31)43-38)21-29-13-7-8-18-40-29/h7-14,17-18,22-24,28,30,36H,6,15-16,19-21H2,1-5H3,(H2,41,42,43). The molecule has 1 aliphatic heterocycles. The molecule has 11 nitrogen and oxygen atoms in total. The van der Waals surface area contributed by atoms with Crippen molar-refractivity contribution >= 4 is 22.9 Å². The Balaban J connectivity index is 1.21. The number of hydrogen-bond donors (Lipinski definition) is 2. The molecule has 3 aromatic heterocycles. The van der Waals surface area contributed by atoms with Gasteiger partial charge in [0.15, 0.2) is 11.5 Å². The molecule has 256 valence electrons. The number of likely N-dealkylation sites (tertiary alicyclic amines) is 1. The van der Waals surface area contributed by atoms with Gasteiger partial charge < -0.3 is 29.4 Å². The Labute approximate surface area is 287 Å². The molecular weight excluding hydrogens is 618 g/mol. The third-order valence-corrected chi connectivity index (χ3v) is 9.48. The second kappa shape index (κ2) is 15.4. The predicted octanol–water partition coefficient (Wildman–Crippen LogP) is 6.14. The number of anilines is 1. The number of nitrogens with zero attached hydrogens (tertiary/aromatic N) is 5. The predicted molar refractivity (Wildman–Crippen MR) is 191 cm³/mol. The number of aromatic nitrogens is 4. The number of hydrogen-bond acceptors (Lipinski definition) is 9. The molecule has 0 aliphatic carbocycles. The van der Waals surface area contributed by atoms with Crippen LogP contribution in [0.25, 0.3) is 11.0 Å². The van der Waals surface area contributed by atoms with Crippen molar-refractivity contribution in [2.45, 2.75) is 50.7 Å². The summed E-state index contributed by atoms with van der Waals surface area (Å²) in [6.45, 7) is 3.77. The molecule has 6 rings (SSSR count). The molecule has 11 heteroatoms. The van der Waals surface area contributed by atoms with Crippen LogP contribution in [0.3, 0.4) is 0 Å². The number of imidazole rings is 1. The topological polar surface area (TPSA) is 118 Å². The number of ether oxygens (including phenoxy) is 3. The lowest BCUT2D eigenvalue weighted by Gasteiger charge is -2.45. The molecule has 49 heavy (non-hydrogen) atoms. The van der Waals surface area contributed by atoms with Crippen LogP contribution in [0.1, 0.15) is 59.3 Å². The number of nitrogens with one attached hydrogen (secondary N) is 2. The quantitative estimate of drug-likeness (QED) is 0.153. The molecule has 0 radical (unpaired) electrons. The van der Waals surface area contributed by atoms with Gasteiger partial charge in [-0.2, -0.15) is 0 Å². The molecule has 0 spiro atoms. The van der Waals surface area contributed by atoms with Gasteiger partial charge >= 0.3 is 0 Å². The van der Waals surface area contributed by atoms with Crippen molar-refractivity contribution in [3.05, 3.63) is 102 Å². The third kappa shape index (κ3) is 7.31. The van der Waals surface area contributed by atoms with E-state index in [1.807, 2.05) is 48.6 Å². The van der Waals surface area contributed by atoms with Crippen LogP contribution >= 0.6 is 0 Å². The molecule has 1 amide bonds. The van der Waals surface area contributed by atoms with E-state index < -0.39 is 0 Å². The summed E-state index contributed by atoms with van der Waals surface area (Å²) < 4.78 is 16.6. The number of amides is 1. The smallest absolute Gasteiger partial charge is 0.255 e. The molecule has 1 fully saturated rings. The van der Waals surface area contributed by atoms with E-state index in [1.165, 1.54) is 0 Å². The van der Waals surface area contributed by atoms with Crippen molar-refractivity contribution in [3.63, 3.8) is 0 Å². The minimum absolute atomic E-state index is 0.0436. The van der Waals surface area contributed by atoms with E-state index in [0.717, 1.165) is 72.6 Å². The molecule has 1 saturated heterocycles. The van der Waals surface area contributed by atoms with Crippen molar-refractivity contribution in [1.82, 2.24) is 29.7 Å². The maximum atomic E-state index is 14.3. The lowest BCUT2D eigenvalue weighted by molar-refractivity contribution is 0.0200. The second-order valence-corrected chi connectivity index (χ2v) is 12.4. The fourth-order valence-corrected chi connectivity index (χ4v) is 7.01. The van der Waals surface area contributed by atoms with Gasteiger partial charge in [-0.25, -0.2) is 4.98 Å². The Bertz CT molecular complexity index is 1820. The summed E-state index contributed by atoms with van der Waals surface area (Å²) >= 11 is 0. The van der Waals surface area contributed by atoms with Gasteiger partial charge in [0.05, 0.1) is 38.5 Å². The van der Waals surface area contributed by atoms with Gasteiger partial charge in [0.2, 0.25) is 11.7 Å². The van der Waals surface area contributed by atoms with Gasteiger partial charge in [-0.3, -0.25) is 19.7 Å². The Hall–Kier alpha value is -5.16. The number of aromatic amines is 1. The summed E-state index contributed by atoms with van der Waals surface area (Å²) in [6.07, 6.45) is 8.66. The first-order valence-electron chi connectivity index (χ1n) is 16.8. The molecule has 2 N–H and O–H groups in total. The summed E-state index contributed by atoms with van der Waals surface area (Å²) in [5.41, 5.74) is 5.68. The van der Waals surface area contributed by atoms with Crippen LogP contribution in [0.5, 0.6) is 17.2 Å². The minimum atomic E-state index is -0.206. The van der Waals surface area contributed by atoms with Crippen LogP contribution in [0.4, 0.5) is 5.95 Å². The van der Waals surface area contributed by atoms with Gasteiger partial charge in [-0.15, -0.1) is 0 Å². The van der Waals surface area contributed by atoms with Gasteiger partial charge in [-0.05, 0) is 66.8 Å². The van der Waals surface area contributed by atoms with E-state index >= 15 is 0 Å². The van der Waals surface area contributed by atoms with Crippen molar-refractivity contribution in [2.75, 3.05) is 46.8 Å². The number of likely N-dealkylation sites (N-methyl/N-ethyl adjacent to an activating group) is 1. The highest BCUT2D eigenvalue weighted by molar-refractivity contribution is 5.95. The number of pyridine rings is 2. The normalized spacial score (nSPS) is 15.0. The Kier molecular flexibility index (Phi) is 10.6. The maximum Gasteiger partial charge on any atom is 0.255 e. The van der Waals surface area contributed by atoms with Crippen LogP contribution in [0, 0.1) is 0 Å². The lowest BCUT2D eigenvalue weighted by Crippen LogP contribution is -2.55. The summed E-state index contributed by atoms with van der Waals surface area (Å²) in [7, 11) is 6.55. The van der Waals surface area contributed by atoms with Crippen molar-refractivity contribution in [2.24, 2.45) is 0 Å². The lowest BCUT2D eigenvalue weighted by atomic mass is 9.91. The molecule has 2 aromatic carbocycles. The molecule has 5 aromatic rings. The summed E-state index contributed by atoms with van der Waals surface area (Å²) in [6, 6.07) is 19.9. The van der Waals surface area contributed by atoms with E-state index in [-0.39, 0.29) is 24.0 Å². The van der Waals surface area contributed by atoms with Gasteiger partial charge in [0, 0.05) is 68.4 Å². The fraction of sp³-hybridized carbons (Fsp3) is 0.368.